The van der Waals surface area contributed by atoms with E-state index in [4.69, 9.17) is 9.15 Å². The minimum Gasteiger partial charge on any atom is -0.465 e. The van der Waals surface area contributed by atoms with Crippen molar-refractivity contribution in [2.45, 2.75) is 20.0 Å². The van der Waals surface area contributed by atoms with Crippen molar-refractivity contribution >= 4 is 0 Å². The van der Waals surface area contributed by atoms with Gasteiger partial charge in [-0.3, -0.25) is 4.90 Å². The normalized spacial score (nSPS) is 11.4. The fraction of sp³-hybridized carbons (Fsp3) is 0.353. The average Bonchev–Trinajstić information content (AvgIpc) is 3.26. The van der Waals surface area contributed by atoms with Crippen LogP contribution in [0.4, 0.5) is 4.39 Å². The first-order valence-electron chi connectivity index (χ1n) is 7.94. The van der Waals surface area contributed by atoms with Gasteiger partial charge in [0.05, 0.1) is 13.2 Å². The first-order valence-corrected chi connectivity index (χ1v) is 7.94. The molecule has 3 rings (SSSR count). The van der Waals surface area contributed by atoms with Gasteiger partial charge >= 0.3 is 0 Å². The molecule has 0 saturated carbocycles. The van der Waals surface area contributed by atoms with E-state index in [1.165, 1.54) is 6.07 Å². The molecule has 0 aliphatic heterocycles. The number of nitrogens with one attached hydrogen (secondary N) is 1. The fourth-order valence-electron chi connectivity index (χ4n) is 2.58. The number of hydrogen-bond acceptors (Lipinski definition) is 6. The molecule has 25 heavy (non-hydrogen) atoms. The molecule has 0 radical (unpaired) electrons. The number of hydrogen-bond donors (Lipinski definition) is 1. The van der Waals surface area contributed by atoms with E-state index in [1.54, 1.807) is 19.2 Å². The molecule has 0 amide bonds. The van der Waals surface area contributed by atoms with Gasteiger partial charge in [-0.1, -0.05) is 0 Å². The molecule has 8 heteroatoms. The van der Waals surface area contributed by atoms with E-state index in [9.17, 15) is 4.39 Å². The lowest BCUT2D eigenvalue weighted by Gasteiger charge is -2.21. The number of furan rings is 1. The number of rotatable bonds is 8. The maximum absolute atomic E-state index is 14.3. The lowest BCUT2D eigenvalue weighted by Crippen LogP contribution is -2.27. The maximum atomic E-state index is 14.3. The summed E-state index contributed by atoms with van der Waals surface area (Å²) in [6.07, 6.45) is 0. The predicted molar refractivity (Wildman–Crippen MR) is 89.0 cm³/mol. The molecule has 0 fully saturated rings. The Morgan fingerprint density at radius 3 is 2.80 bits per heavy atom. The summed E-state index contributed by atoms with van der Waals surface area (Å²) < 4.78 is 25.1. The Bertz CT molecular complexity index is 803. The van der Waals surface area contributed by atoms with Crippen LogP contribution in [0.5, 0.6) is 0 Å². The minimum absolute atomic E-state index is 0.273. The number of benzene rings is 1. The van der Waals surface area contributed by atoms with Crippen molar-refractivity contribution in [3.05, 3.63) is 53.2 Å². The summed E-state index contributed by atoms with van der Waals surface area (Å²) in [4.78, 5) is 2.07. The number of ether oxygens (including phenoxy) is 1. The second-order valence-electron chi connectivity index (χ2n) is 5.76. The molecular weight excluding hydrogens is 325 g/mol. The SMILES string of the molecule is COCCN(Cc1ccc(C)o1)Cc1cc(-c2nn[nH]n2)ccc1F. The monoisotopic (exact) mass is 345 g/mol. The summed E-state index contributed by atoms with van der Waals surface area (Å²) in [6, 6.07) is 8.65. The van der Waals surface area contributed by atoms with E-state index in [2.05, 4.69) is 25.5 Å². The topological polar surface area (TPSA) is 80.1 Å². The lowest BCUT2D eigenvalue weighted by atomic mass is 10.1. The number of aryl methyl sites for hydroxylation is 1. The molecule has 1 N–H and O–H groups in total. The number of aromatic amines is 1. The fourth-order valence-corrected chi connectivity index (χ4v) is 2.58. The third kappa shape index (κ3) is 4.49. The van der Waals surface area contributed by atoms with Crippen molar-refractivity contribution in [3.8, 4) is 11.4 Å². The van der Waals surface area contributed by atoms with Gasteiger partial charge in [0.1, 0.15) is 17.3 Å². The Balaban J connectivity index is 1.79. The van der Waals surface area contributed by atoms with Gasteiger partial charge in [-0.2, -0.15) is 5.21 Å². The lowest BCUT2D eigenvalue weighted by molar-refractivity contribution is 0.134. The summed E-state index contributed by atoms with van der Waals surface area (Å²) in [6.45, 7) is 4.09. The summed E-state index contributed by atoms with van der Waals surface area (Å²) in [5.74, 6) is 1.85. The smallest absolute Gasteiger partial charge is 0.204 e. The van der Waals surface area contributed by atoms with E-state index in [-0.39, 0.29) is 5.82 Å². The molecular formula is C17H20FN5O2. The minimum atomic E-state index is -0.273. The Morgan fingerprint density at radius 1 is 1.24 bits per heavy atom. The average molecular weight is 345 g/mol. The molecule has 2 aromatic heterocycles. The summed E-state index contributed by atoms with van der Waals surface area (Å²) in [5.41, 5.74) is 1.27. The quantitative estimate of drug-likeness (QED) is 0.676. The van der Waals surface area contributed by atoms with Crippen LogP contribution in [0.15, 0.2) is 34.7 Å². The van der Waals surface area contributed by atoms with E-state index in [0.717, 1.165) is 11.5 Å². The first-order chi connectivity index (χ1) is 12.2. The summed E-state index contributed by atoms with van der Waals surface area (Å²) in [7, 11) is 1.65. The number of tetrazole rings is 1. The molecule has 0 atom stereocenters. The van der Waals surface area contributed by atoms with Crippen LogP contribution in [0.25, 0.3) is 11.4 Å². The van der Waals surface area contributed by atoms with Gasteiger partial charge in [0.2, 0.25) is 5.82 Å². The second kappa shape index (κ2) is 8.00. The number of H-pyrrole nitrogens is 1. The van der Waals surface area contributed by atoms with E-state index >= 15 is 0 Å². The van der Waals surface area contributed by atoms with Gasteiger partial charge in [0.15, 0.2) is 0 Å². The number of halogens is 1. The van der Waals surface area contributed by atoms with Gasteiger partial charge in [0.25, 0.3) is 0 Å². The zero-order chi connectivity index (χ0) is 17.6. The van der Waals surface area contributed by atoms with Gasteiger partial charge in [-0.15, -0.1) is 10.2 Å². The Hall–Kier alpha value is -2.58. The van der Waals surface area contributed by atoms with Crippen molar-refractivity contribution in [2.75, 3.05) is 20.3 Å². The van der Waals surface area contributed by atoms with Gasteiger partial charge in [-0.05, 0) is 42.5 Å². The molecule has 0 bridgehead atoms. The van der Waals surface area contributed by atoms with Crippen LogP contribution in [-0.4, -0.2) is 45.8 Å². The Kier molecular flexibility index (Phi) is 5.52. The van der Waals surface area contributed by atoms with E-state index < -0.39 is 0 Å². The molecule has 0 aliphatic rings. The third-order valence-corrected chi connectivity index (χ3v) is 3.83. The van der Waals surface area contributed by atoms with Crippen LogP contribution in [0.2, 0.25) is 0 Å². The van der Waals surface area contributed by atoms with Crippen LogP contribution in [0.3, 0.4) is 0 Å². The van der Waals surface area contributed by atoms with Gasteiger partial charge in [-0.25, -0.2) is 4.39 Å². The molecule has 0 unspecified atom stereocenters. The van der Waals surface area contributed by atoms with E-state index in [0.29, 0.717) is 43.2 Å². The molecule has 0 saturated heterocycles. The van der Waals surface area contributed by atoms with Crippen LogP contribution >= 0.6 is 0 Å². The molecule has 3 aromatic rings. The highest BCUT2D eigenvalue weighted by atomic mass is 19.1. The summed E-state index contributed by atoms with van der Waals surface area (Å²) in [5, 5.41) is 13.8. The van der Waals surface area contributed by atoms with Crippen LogP contribution in [0, 0.1) is 12.7 Å². The van der Waals surface area contributed by atoms with E-state index in [1.807, 2.05) is 19.1 Å². The van der Waals surface area contributed by atoms with Crippen molar-refractivity contribution in [2.24, 2.45) is 0 Å². The Labute approximate surface area is 144 Å². The third-order valence-electron chi connectivity index (χ3n) is 3.83. The predicted octanol–water partition coefficient (Wildman–Crippen LogP) is 2.56. The van der Waals surface area contributed by atoms with Crippen LogP contribution in [0.1, 0.15) is 17.1 Å². The number of aromatic nitrogens is 4. The standard InChI is InChI=1S/C17H20FN5O2/c1-12-3-5-15(25-12)11-23(7-8-24-2)10-14-9-13(4-6-16(14)18)17-19-21-22-20-17/h3-6,9H,7-8,10-11H2,1-2H3,(H,19,20,21,22). The zero-order valence-corrected chi connectivity index (χ0v) is 14.2. The largest absolute Gasteiger partial charge is 0.465 e. The zero-order valence-electron chi connectivity index (χ0n) is 14.2. The molecule has 132 valence electrons. The first kappa shape index (κ1) is 17.2. The van der Waals surface area contributed by atoms with Crippen molar-refractivity contribution < 1.29 is 13.5 Å². The summed E-state index contributed by atoms with van der Waals surface area (Å²) >= 11 is 0. The van der Waals surface area contributed by atoms with Gasteiger partial charge < -0.3 is 9.15 Å². The van der Waals surface area contributed by atoms with Crippen molar-refractivity contribution in [3.63, 3.8) is 0 Å². The highest BCUT2D eigenvalue weighted by molar-refractivity contribution is 5.55. The molecule has 1 aromatic carbocycles. The Morgan fingerprint density at radius 2 is 2.12 bits per heavy atom. The van der Waals surface area contributed by atoms with Crippen molar-refractivity contribution in [1.82, 2.24) is 25.5 Å². The highest BCUT2D eigenvalue weighted by Crippen LogP contribution is 2.20. The number of nitrogens with zero attached hydrogens (tertiary/aromatic N) is 4. The molecule has 7 nitrogen and oxygen atoms in total. The maximum Gasteiger partial charge on any atom is 0.204 e. The molecule has 0 aliphatic carbocycles. The second-order valence-corrected chi connectivity index (χ2v) is 5.76. The number of methoxy groups -OCH3 is 1. The molecule has 0 spiro atoms. The molecule has 2 heterocycles. The van der Waals surface area contributed by atoms with Crippen LogP contribution < -0.4 is 0 Å². The van der Waals surface area contributed by atoms with Crippen LogP contribution in [-0.2, 0) is 17.8 Å². The highest BCUT2D eigenvalue weighted by Gasteiger charge is 2.14. The van der Waals surface area contributed by atoms with Crippen molar-refractivity contribution in [1.29, 1.82) is 0 Å². The van der Waals surface area contributed by atoms with Gasteiger partial charge in [0, 0.05) is 31.3 Å².